The van der Waals surface area contributed by atoms with Crippen LogP contribution >= 0.6 is 11.6 Å². The lowest BCUT2D eigenvalue weighted by Crippen LogP contribution is -2.04. The largest absolute Gasteiger partial charge is 0.462 e. The third kappa shape index (κ3) is 1.94. The van der Waals surface area contributed by atoms with Crippen LogP contribution in [0.5, 0.6) is 0 Å². The Balaban J connectivity index is 2.25. The summed E-state index contributed by atoms with van der Waals surface area (Å²) in [4.78, 5) is 19.1. The smallest absolute Gasteiger partial charge is 0.338 e. The number of aromatic amines is 1. The van der Waals surface area contributed by atoms with Crippen LogP contribution in [0.2, 0.25) is 5.15 Å². The number of nitrogens with one attached hydrogen (secondary N) is 1. The lowest BCUT2D eigenvalue weighted by atomic mass is 10.1. The molecule has 0 spiro atoms. The van der Waals surface area contributed by atoms with Crippen molar-refractivity contribution in [2.75, 3.05) is 6.61 Å². The molecule has 0 aliphatic heterocycles. The minimum absolute atomic E-state index is 0.346. The molecule has 0 radical (unpaired) electrons. The zero-order chi connectivity index (χ0) is 13.4. The number of pyridine rings is 1. The van der Waals surface area contributed by atoms with E-state index in [-0.39, 0.29) is 5.97 Å². The summed E-state index contributed by atoms with van der Waals surface area (Å²) in [7, 11) is 0. The molecule has 2 aromatic heterocycles. The number of aromatic nitrogens is 2. The maximum absolute atomic E-state index is 11.7. The standard InChI is InChI=1S/C14H11ClN2O2/c1-2-19-14(18)8-3-4-9-10(7-8)13(15)17-11-5-6-16-12(9)11/h3-7,16H,2H2,1H3. The fourth-order valence-corrected chi connectivity index (χ4v) is 2.36. The van der Waals surface area contributed by atoms with Gasteiger partial charge in [-0.2, -0.15) is 0 Å². The lowest BCUT2D eigenvalue weighted by Gasteiger charge is -2.05. The highest BCUT2D eigenvalue weighted by molar-refractivity contribution is 6.35. The monoisotopic (exact) mass is 274 g/mol. The fourth-order valence-electron chi connectivity index (χ4n) is 2.11. The second-order valence-corrected chi connectivity index (χ2v) is 4.48. The van der Waals surface area contributed by atoms with Gasteiger partial charge in [0, 0.05) is 17.0 Å². The number of halogens is 1. The Bertz CT molecular complexity index is 780. The maximum atomic E-state index is 11.7. The molecule has 2 heterocycles. The first-order chi connectivity index (χ1) is 9.20. The van der Waals surface area contributed by atoms with Crippen molar-refractivity contribution in [2.45, 2.75) is 6.92 Å². The Kier molecular flexibility index (Phi) is 2.87. The van der Waals surface area contributed by atoms with Gasteiger partial charge in [0.2, 0.25) is 0 Å². The van der Waals surface area contributed by atoms with E-state index >= 15 is 0 Å². The van der Waals surface area contributed by atoms with E-state index in [1.54, 1.807) is 19.1 Å². The van der Waals surface area contributed by atoms with Gasteiger partial charge in [0.1, 0.15) is 5.15 Å². The number of esters is 1. The highest BCUT2D eigenvalue weighted by atomic mass is 35.5. The fraction of sp³-hybridized carbons (Fsp3) is 0.143. The van der Waals surface area contributed by atoms with Gasteiger partial charge in [0.25, 0.3) is 0 Å². The van der Waals surface area contributed by atoms with Gasteiger partial charge < -0.3 is 9.72 Å². The highest BCUT2D eigenvalue weighted by Crippen LogP contribution is 2.29. The van der Waals surface area contributed by atoms with Crippen LogP contribution in [0.1, 0.15) is 17.3 Å². The van der Waals surface area contributed by atoms with E-state index in [1.807, 2.05) is 18.3 Å². The molecule has 4 nitrogen and oxygen atoms in total. The molecule has 0 unspecified atom stereocenters. The van der Waals surface area contributed by atoms with Gasteiger partial charge >= 0.3 is 5.97 Å². The summed E-state index contributed by atoms with van der Waals surface area (Å²) in [5.41, 5.74) is 2.19. The molecule has 1 N–H and O–H groups in total. The van der Waals surface area contributed by atoms with Crippen LogP contribution in [-0.2, 0) is 4.74 Å². The van der Waals surface area contributed by atoms with Crippen molar-refractivity contribution in [3.8, 4) is 0 Å². The Labute approximate surface area is 114 Å². The van der Waals surface area contributed by atoms with Crippen LogP contribution in [-0.4, -0.2) is 22.5 Å². The predicted octanol–water partition coefficient (Wildman–Crippen LogP) is 3.55. The minimum Gasteiger partial charge on any atom is -0.462 e. The molecule has 0 saturated carbocycles. The summed E-state index contributed by atoms with van der Waals surface area (Å²) < 4.78 is 4.98. The molecule has 0 saturated heterocycles. The summed E-state index contributed by atoms with van der Waals surface area (Å²) in [6.07, 6.45) is 1.81. The average molecular weight is 275 g/mol. The summed E-state index contributed by atoms with van der Waals surface area (Å²) >= 11 is 6.17. The molecule has 5 heteroatoms. The number of carbonyl (C=O) groups excluding carboxylic acids is 1. The van der Waals surface area contributed by atoms with E-state index in [0.29, 0.717) is 17.3 Å². The van der Waals surface area contributed by atoms with Crippen molar-refractivity contribution in [1.82, 2.24) is 9.97 Å². The molecular weight excluding hydrogens is 264 g/mol. The Hall–Kier alpha value is -2.07. The maximum Gasteiger partial charge on any atom is 0.338 e. The van der Waals surface area contributed by atoms with Crippen molar-refractivity contribution in [3.63, 3.8) is 0 Å². The van der Waals surface area contributed by atoms with E-state index in [9.17, 15) is 4.79 Å². The molecule has 0 fully saturated rings. The number of benzene rings is 1. The molecule has 96 valence electrons. The first-order valence-corrected chi connectivity index (χ1v) is 6.32. The number of H-pyrrole nitrogens is 1. The molecule has 0 amide bonds. The SMILES string of the molecule is CCOC(=O)c1ccc2c(c1)c(Cl)nc1cc[nH]c12. The predicted molar refractivity (Wildman–Crippen MR) is 74.6 cm³/mol. The molecule has 1 aromatic carbocycles. The molecule has 0 aliphatic rings. The topological polar surface area (TPSA) is 55.0 Å². The van der Waals surface area contributed by atoms with Crippen molar-refractivity contribution in [1.29, 1.82) is 0 Å². The van der Waals surface area contributed by atoms with Gasteiger partial charge in [-0.1, -0.05) is 17.7 Å². The number of hydrogen-bond acceptors (Lipinski definition) is 3. The summed E-state index contributed by atoms with van der Waals surface area (Å²) in [6, 6.07) is 7.16. The van der Waals surface area contributed by atoms with Gasteiger partial charge in [-0.3, -0.25) is 0 Å². The highest BCUT2D eigenvalue weighted by Gasteiger charge is 2.12. The molecule has 0 bridgehead atoms. The number of rotatable bonds is 2. The van der Waals surface area contributed by atoms with E-state index in [1.165, 1.54) is 0 Å². The van der Waals surface area contributed by atoms with Gasteiger partial charge in [0.05, 0.1) is 23.2 Å². The Morgan fingerprint density at radius 2 is 2.21 bits per heavy atom. The number of carbonyl (C=O) groups is 1. The van der Waals surface area contributed by atoms with Crippen LogP contribution in [0.25, 0.3) is 21.8 Å². The number of nitrogens with zero attached hydrogens (tertiary/aromatic N) is 1. The molecule has 19 heavy (non-hydrogen) atoms. The third-order valence-electron chi connectivity index (χ3n) is 2.97. The molecule has 0 aliphatic carbocycles. The van der Waals surface area contributed by atoms with Crippen LogP contribution in [0.4, 0.5) is 0 Å². The van der Waals surface area contributed by atoms with Crippen LogP contribution in [0.15, 0.2) is 30.5 Å². The van der Waals surface area contributed by atoms with Crippen molar-refractivity contribution >= 4 is 39.4 Å². The van der Waals surface area contributed by atoms with Gasteiger partial charge in [-0.15, -0.1) is 0 Å². The van der Waals surface area contributed by atoms with Crippen LogP contribution in [0.3, 0.4) is 0 Å². The van der Waals surface area contributed by atoms with E-state index in [2.05, 4.69) is 9.97 Å². The first kappa shape index (κ1) is 12.0. The van der Waals surface area contributed by atoms with E-state index in [0.717, 1.165) is 21.8 Å². The lowest BCUT2D eigenvalue weighted by molar-refractivity contribution is 0.0526. The van der Waals surface area contributed by atoms with Gasteiger partial charge in [-0.25, -0.2) is 9.78 Å². The molecule has 3 aromatic rings. The Morgan fingerprint density at radius 3 is 3.00 bits per heavy atom. The van der Waals surface area contributed by atoms with Crippen molar-refractivity contribution < 1.29 is 9.53 Å². The number of fused-ring (bicyclic) bond motifs is 3. The molecular formula is C14H11ClN2O2. The molecule has 0 atom stereocenters. The van der Waals surface area contributed by atoms with Crippen molar-refractivity contribution in [2.24, 2.45) is 0 Å². The Morgan fingerprint density at radius 1 is 1.37 bits per heavy atom. The van der Waals surface area contributed by atoms with E-state index in [4.69, 9.17) is 16.3 Å². The molecule has 3 rings (SSSR count). The summed E-state index contributed by atoms with van der Waals surface area (Å²) in [5.74, 6) is -0.355. The van der Waals surface area contributed by atoms with E-state index < -0.39 is 0 Å². The quantitative estimate of drug-likeness (QED) is 0.574. The van der Waals surface area contributed by atoms with Gasteiger partial charge in [0.15, 0.2) is 0 Å². The van der Waals surface area contributed by atoms with Gasteiger partial charge in [-0.05, 0) is 25.1 Å². The minimum atomic E-state index is -0.355. The second kappa shape index (κ2) is 4.55. The third-order valence-corrected chi connectivity index (χ3v) is 3.25. The second-order valence-electron chi connectivity index (χ2n) is 4.12. The number of hydrogen-bond donors (Lipinski definition) is 1. The summed E-state index contributed by atoms with van der Waals surface area (Å²) in [5, 5.41) is 2.06. The first-order valence-electron chi connectivity index (χ1n) is 5.94. The van der Waals surface area contributed by atoms with Crippen LogP contribution < -0.4 is 0 Å². The average Bonchev–Trinajstić information content (AvgIpc) is 2.87. The van der Waals surface area contributed by atoms with Crippen LogP contribution in [0, 0.1) is 0 Å². The van der Waals surface area contributed by atoms with Crippen molar-refractivity contribution in [3.05, 3.63) is 41.2 Å². The normalized spacial score (nSPS) is 11.1. The zero-order valence-electron chi connectivity index (χ0n) is 10.2. The summed E-state index contributed by atoms with van der Waals surface area (Å²) in [6.45, 7) is 2.12. The number of ether oxygens (including phenoxy) is 1. The zero-order valence-corrected chi connectivity index (χ0v) is 11.0.